The zero-order chi connectivity index (χ0) is 24.3. The maximum absolute atomic E-state index is 13.8. The van der Waals surface area contributed by atoms with Crippen LogP contribution in [-0.2, 0) is 13.0 Å². The zero-order valence-corrected chi connectivity index (χ0v) is 19.6. The van der Waals surface area contributed by atoms with E-state index >= 15 is 0 Å². The van der Waals surface area contributed by atoms with Crippen LogP contribution in [0.2, 0.25) is 0 Å². The maximum atomic E-state index is 13.8. The summed E-state index contributed by atoms with van der Waals surface area (Å²) in [6.07, 6.45) is 3.20. The first-order valence-corrected chi connectivity index (χ1v) is 11.8. The second-order valence-electron chi connectivity index (χ2n) is 9.52. The molecule has 180 valence electrons. The minimum Gasteiger partial charge on any atom is -0.482 e. The first-order valence-electron chi connectivity index (χ1n) is 11.8. The highest BCUT2D eigenvalue weighted by Crippen LogP contribution is 2.38. The predicted octanol–water partition coefficient (Wildman–Crippen LogP) is 5.41. The highest BCUT2D eigenvalue weighted by Gasteiger charge is 2.27. The molecule has 1 fully saturated rings. The lowest BCUT2D eigenvalue weighted by molar-refractivity contribution is 0.145. The minimum absolute atomic E-state index is 0.256. The van der Waals surface area contributed by atoms with E-state index in [1.807, 2.05) is 49.0 Å². The van der Waals surface area contributed by atoms with Crippen LogP contribution in [0.3, 0.4) is 0 Å². The highest BCUT2D eigenvalue weighted by atomic mass is 19.3. The monoisotopic (exact) mass is 476 g/mol. The molecule has 2 aliphatic rings. The van der Waals surface area contributed by atoms with Crippen LogP contribution in [0.1, 0.15) is 60.4 Å². The third kappa shape index (κ3) is 3.94. The van der Waals surface area contributed by atoms with Gasteiger partial charge in [0, 0.05) is 41.5 Å². The molecule has 1 saturated carbocycles. The summed E-state index contributed by atoms with van der Waals surface area (Å²) < 4.78 is 37.5. The molecule has 1 aliphatic heterocycles. The van der Waals surface area contributed by atoms with Crippen LogP contribution in [0, 0.1) is 12.8 Å². The maximum Gasteiger partial charge on any atom is 0.282 e. The Labute approximate surface area is 201 Å². The summed E-state index contributed by atoms with van der Waals surface area (Å²) in [5.41, 5.74) is 11.8. The lowest BCUT2D eigenvalue weighted by atomic mass is 10.0. The van der Waals surface area contributed by atoms with Gasteiger partial charge in [-0.25, -0.2) is 18.4 Å². The van der Waals surface area contributed by atoms with Crippen LogP contribution in [0.5, 0.6) is 5.75 Å². The summed E-state index contributed by atoms with van der Waals surface area (Å²) in [4.78, 5) is 4.42. The van der Waals surface area contributed by atoms with E-state index in [0.717, 1.165) is 34.5 Å². The van der Waals surface area contributed by atoms with Crippen LogP contribution in [-0.4, -0.2) is 24.5 Å². The SMILES string of the molecule is Cc1ccc2c(c1)[C@@H](C)Oc1cc(cnc1N)-c1c(cnn1CC1CC1)Cc1cc(C(F)F)nn1-2. The Morgan fingerprint density at radius 1 is 1.17 bits per heavy atom. The van der Waals surface area contributed by atoms with Gasteiger partial charge >= 0.3 is 0 Å². The van der Waals surface area contributed by atoms with Crippen LogP contribution >= 0.6 is 0 Å². The number of aromatic nitrogens is 5. The van der Waals surface area contributed by atoms with E-state index in [1.165, 1.54) is 18.9 Å². The van der Waals surface area contributed by atoms with Crippen molar-refractivity contribution in [3.8, 4) is 22.7 Å². The number of fused-ring (bicyclic) bond motifs is 7. The van der Waals surface area contributed by atoms with Crippen molar-refractivity contribution in [1.82, 2.24) is 24.5 Å². The molecule has 4 aromatic rings. The average molecular weight is 477 g/mol. The topological polar surface area (TPSA) is 83.8 Å². The van der Waals surface area contributed by atoms with E-state index in [9.17, 15) is 8.78 Å². The molecular weight excluding hydrogens is 450 g/mol. The van der Waals surface area contributed by atoms with Gasteiger partial charge in [-0.3, -0.25) is 4.68 Å². The summed E-state index contributed by atoms with van der Waals surface area (Å²) in [6, 6.07) is 9.23. The Bertz CT molecular complexity index is 1420. The summed E-state index contributed by atoms with van der Waals surface area (Å²) >= 11 is 0. The van der Waals surface area contributed by atoms with Crippen molar-refractivity contribution < 1.29 is 13.5 Å². The molecule has 0 unspecified atom stereocenters. The molecule has 9 heteroatoms. The largest absolute Gasteiger partial charge is 0.482 e. The molecule has 2 N–H and O–H groups in total. The number of ether oxygens (including phenoxy) is 1. The van der Waals surface area contributed by atoms with Crippen molar-refractivity contribution in [2.75, 3.05) is 5.73 Å². The minimum atomic E-state index is -2.68. The van der Waals surface area contributed by atoms with E-state index < -0.39 is 12.5 Å². The summed E-state index contributed by atoms with van der Waals surface area (Å²) in [7, 11) is 0. The number of aryl methyl sites for hydroxylation is 1. The van der Waals surface area contributed by atoms with Crippen molar-refractivity contribution >= 4 is 5.82 Å². The standard InChI is InChI=1S/C26H26F2N6O/c1-14-3-6-22-20(7-14)15(2)35-23-9-18(11-30-26(23)29)24-17(12-31-33(24)13-16-4-5-16)8-19-10-21(25(27)28)32-34(19)22/h3,6-7,9-12,15-16,25H,4-5,8,13H2,1-2H3,(H2,29,30)/t15-/m1/s1. The van der Waals surface area contributed by atoms with E-state index in [2.05, 4.69) is 15.2 Å². The Kier molecular flexibility index (Phi) is 5.09. The van der Waals surface area contributed by atoms with Gasteiger partial charge < -0.3 is 10.5 Å². The predicted molar refractivity (Wildman–Crippen MR) is 128 cm³/mol. The number of hydrogen-bond acceptors (Lipinski definition) is 5. The molecule has 3 aromatic heterocycles. The van der Waals surface area contributed by atoms with Gasteiger partial charge in [-0.2, -0.15) is 10.2 Å². The Morgan fingerprint density at radius 2 is 2.00 bits per heavy atom. The third-order valence-corrected chi connectivity index (χ3v) is 6.75. The molecule has 1 aliphatic carbocycles. The first kappa shape index (κ1) is 21.8. The van der Waals surface area contributed by atoms with Gasteiger partial charge in [0.15, 0.2) is 11.6 Å². The number of benzene rings is 1. The van der Waals surface area contributed by atoms with Crippen molar-refractivity contribution in [2.45, 2.75) is 52.2 Å². The summed E-state index contributed by atoms with van der Waals surface area (Å²) in [5.74, 6) is 1.37. The summed E-state index contributed by atoms with van der Waals surface area (Å²) in [5, 5.41) is 8.98. The normalized spacial score (nSPS) is 17.1. The van der Waals surface area contributed by atoms with E-state index in [4.69, 9.17) is 10.5 Å². The van der Waals surface area contributed by atoms with Crippen molar-refractivity contribution in [1.29, 1.82) is 0 Å². The number of nitrogens with two attached hydrogens (primary N) is 1. The molecule has 0 radical (unpaired) electrons. The smallest absolute Gasteiger partial charge is 0.282 e. The lowest BCUT2D eigenvalue weighted by Gasteiger charge is -2.22. The number of nitrogen functional groups attached to an aromatic ring is 1. The van der Waals surface area contributed by atoms with Gasteiger partial charge in [-0.1, -0.05) is 17.7 Å². The second kappa shape index (κ2) is 8.18. The molecule has 0 spiro atoms. The second-order valence-corrected chi connectivity index (χ2v) is 9.52. The third-order valence-electron chi connectivity index (χ3n) is 6.75. The van der Waals surface area contributed by atoms with Gasteiger partial charge in [0.05, 0.1) is 17.6 Å². The highest BCUT2D eigenvalue weighted by molar-refractivity contribution is 5.68. The Morgan fingerprint density at radius 3 is 2.77 bits per heavy atom. The number of hydrogen-bond donors (Lipinski definition) is 1. The fourth-order valence-electron chi connectivity index (χ4n) is 4.77. The Balaban J connectivity index is 1.60. The van der Waals surface area contributed by atoms with Gasteiger partial charge in [-0.05, 0) is 50.8 Å². The molecule has 4 heterocycles. The van der Waals surface area contributed by atoms with Crippen LogP contribution in [0.25, 0.3) is 16.9 Å². The zero-order valence-electron chi connectivity index (χ0n) is 19.6. The van der Waals surface area contributed by atoms with Gasteiger partial charge in [0.1, 0.15) is 11.8 Å². The van der Waals surface area contributed by atoms with E-state index in [-0.39, 0.29) is 5.69 Å². The fourth-order valence-corrected chi connectivity index (χ4v) is 4.77. The van der Waals surface area contributed by atoms with Gasteiger partial charge in [-0.15, -0.1) is 0 Å². The molecule has 0 saturated heterocycles. The molecule has 35 heavy (non-hydrogen) atoms. The number of anilines is 1. The molecule has 0 amide bonds. The molecule has 1 atom stereocenters. The van der Waals surface area contributed by atoms with E-state index in [1.54, 1.807) is 10.9 Å². The fraction of sp³-hybridized carbons (Fsp3) is 0.346. The van der Waals surface area contributed by atoms with Crippen molar-refractivity contribution in [3.05, 3.63) is 70.8 Å². The van der Waals surface area contributed by atoms with Crippen molar-refractivity contribution in [2.24, 2.45) is 5.92 Å². The quantitative estimate of drug-likeness (QED) is 0.427. The first-order chi connectivity index (χ1) is 16.9. The van der Waals surface area contributed by atoms with Crippen LogP contribution in [0.4, 0.5) is 14.6 Å². The molecule has 1 aromatic carbocycles. The van der Waals surface area contributed by atoms with Gasteiger partial charge in [0.25, 0.3) is 6.43 Å². The number of halogens is 2. The van der Waals surface area contributed by atoms with Gasteiger partial charge in [0.2, 0.25) is 0 Å². The Hall–Kier alpha value is -3.75. The number of rotatable bonds is 3. The van der Waals surface area contributed by atoms with Crippen molar-refractivity contribution in [3.63, 3.8) is 0 Å². The average Bonchev–Trinajstić information content (AvgIpc) is 3.41. The number of pyridine rings is 1. The molecule has 2 bridgehead atoms. The van der Waals surface area contributed by atoms with Crippen LogP contribution < -0.4 is 10.5 Å². The lowest BCUT2D eigenvalue weighted by Crippen LogP contribution is -2.14. The number of nitrogens with zero attached hydrogens (tertiary/aromatic N) is 5. The van der Waals surface area contributed by atoms with E-state index in [0.29, 0.717) is 35.3 Å². The molecular formula is C26H26F2N6O. The van der Waals surface area contributed by atoms with Crippen LogP contribution in [0.15, 0.2) is 42.7 Å². The number of alkyl halides is 2. The molecule has 7 nitrogen and oxygen atoms in total. The molecule has 6 rings (SSSR count). The summed E-state index contributed by atoms with van der Waals surface area (Å²) in [6.45, 7) is 4.70.